The summed E-state index contributed by atoms with van der Waals surface area (Å²) in [5.41, 5.74) is 5.26. The molecule has 5 heteroatoms. The summed E-state index contributed by atoms with van der Waals surface area (Å²) in [5, 5.41) is 3.01. The summed E-state index contributed by atoms with van der Waals surface area (Å²) in [6.07, 6.45) is 4.79. The zero-order valence-electron chi connectivity index (χ0n) is 7.74. The van der Waals surface area contributed by atoms with Gasteiger partial charge in [-0.1, -0.05) is 15.9 Å². The average Bonchev–Trinajstić information content (AvgIpc) is 2.17. The molecule has 0 radical (unpaired) electrons. The molecule has 1 rings (SSSR count). The Morgan fingerprint density at radius 3 is 3.07 bits per heavy atom. The summed E-state index contributed by atoms with van der Waals surface area (Å²) in [6.45, 7) is 0. The van der Waals surface area contributed by atoms with Crippen molar-refractivity contribution in [3.05, 3.63) is 35.1 Å². The van der Waals surface area contributed by atoms with Gasteiger partial charge in [-0.15, -0.1) is 0 Å². The number of hydrogen-bond acceptors (Lipinski definition) is 3. The molecule has 0 unspecified atom stereocenters. The van der Waals surface area contributed by atoms with E-state index >= 15 is 0 Å². The normalized spacial score (nSPS) is 12.0. The van der Waals surface area contributed by atoms with Crippen molar-refractivity contribution in [2.75, 3.05) is 12.4 Å². The van der Waals surface area contributed by atoms with Gasteiger partial charge in [0.1, 0.15) is 11.7 Å². The van der Waals surface area contributed by atoms with Crippen molar-refractivity contribution in [3.63, 3.8) is 0 Å². The van der Waals surface area contributed by atoms with E-state index in [0.717, 1.165) is 10.3 Å². The summed E-state index contributed by atoms with van der Waals surface area (Å²) in [5.74, 6) is 1.39. The molecule has 0 aliphatic rings. The first-order chi connectivity index (χ1) is 6.76. The van der Waals surface area contributed by atoms with Crippen LogP contribution in [0.2, 0.25) is 0 Å². The molecule has 3 N–H and O–H groups in total. The predicted octanol–water partition coefficient (Wildman–Crippen LogP) is 1.76. The fourth-order valence-corrected chi connectivity index (χ4v) is 1.20. The number of amidine groups is 1. The molecule has 0 aliphatic heterocycles. The van der Waals surface area contributed by atoms with Crippen molar-refractivity contribution in [1.29, 1.82) is 0 Å². The van der Waals surface area contributed by atoms with Crippen molar-refractivity contribution >= 4 is 27.6 Å². The highest BCUT2D eigenvalue weighted by Gasteiger charge is 1.96. The molecule has 0 fully saturated rings. The zero-order valence-corrected chi connectivity index (χ0v) is 9.32. The van der Waals surface area contributed by atoms with E-state index in [0.29, 0.717) is 5.84 Å². The molecule has 1 heterocycles. The maximum Gasteiger partial charge on any atom is 0.132 e. The Labute approximate surface area is 91.1 Å². The summed E-state index contributed by atoms with van der Waals surface area (Å²) >= 11 is 3.35. The second-order valence-electron chi connectivity index (χ2n) is 2.45. The number of aliphatic imine (C=N–C) groups is 1. The number of nitrogens with two attached hydrogens (primary N) is 1. The van der Waals surface area contributed by atoms with E-state index in [1.165, 1.54) is 6.20 Å². The van der Waals surface area contributed by atoms with Crippen molar-refractivity contribution in [2.45, 2.75) is 0 Å². The topological polar surface area (TPSA) is 63.3 Å². The van der Waals surface area contributed by atoms with Crippen molar-refractivity contribution in [1.82, 2.24) is 4.98 Å². The standard InChI is InChI=1S/C9H11BrN4/c1-12-8(2-4-11)14-9-6-7(10)3-5-13-9/h2-6H,11H2,1H3,(H,12,13,14). The van der Waals surface area contributed by atoms with Crippen LogP contribution in [0.15, 0.2) is 40.1 Å². The van der Waals surface area contributed by atoms with E-state index in [-0.39, 0.29) is 0 Å². The van der Waals surface area contributed by atoms with Crippen LogP contribution in [0.5, 0.6) is 0 Å². The fraction of sp³-hybridized carbons (Fsp3) is 0.111. The van der Waals surface area contributed by atoms with Crippen molar-refractivity contribution in [2.24, 2.45) is 10.7 Å². The van der Waals surface area contributed by atoms with Gasteiger partial charge >= 0.3 is 0 Å². The Morgan fingerprint density at radius 1 is 1.71 bits per heavy atom. The minimum absolute atomic E-state index is 0.665. The number of rotatable bonds is 2. The molecule has 0 spiro atoms. The smallest absolute Gasteiger partial charge is 0.132 e. The Hall–Kier alpha value is -1.36. The van der Waals surface area contributed by atoms with Gasteiger partial charge in [-0.05, 0) is 24.4 Å². The van der Waals surface area contributed by atoms with Crippen LogP contribution in [-0.2, 0) is 0 Å². The van der Waals surface area contributed by atoms with Crippen LogP contribution in [0.4, 0.5) is 5.82 Å². The van der Waals surface area contributed by atoms with Gasteiger partial charge in [0, 0.05) is 17.7 Å². The number of hydrogen-bond donors (Lipinski definition) is 2. The maximum atomic E-state index is 5.26. The summed E-state index contributed by atoms with van der Waals surface area (Å²) in [6, 6.07) is 3.71. The Kier molecular flexibility index (Phi) is 4.12. The lowest BCUT2D eigenvalue weighted by atomic mass is 10.4. The number of anilines is 1. The number of nitrogens with one attached hydrogen (secondary N) is 1. The SMILES string of the molecule is CN=C(C=CN)Nc1cc(Br)ccn1. The Bertz CT molecular complexity index is 360. The van der Waals surface area contributed by atoms with Crippen molar-refractivity contribution in [3.8, 4) is 0 Å². The van der Waals surface area contributed by atoms with Gasteiger partial charge in [-0.2, -0.15) is 0 Å². The van der Waals surface area contributed by atoms with E-state index in [1.54, 1.807) is 19.3 Å². The van der Waals surface area contributed by atoms with Crippen LogP contribution >= 0.6 is 15.9 Å². The number of aromatic nitrogens is 1. The minimum atomic E-state index is 0.665. The average molecular weight is 255 g/mol. The molecule has 74 valence electrons. The molecule has 1 aromatic heterocycles. The van der Waals surface area contributed by atoms with Gasteiger partial charge < -0.3 is 11.1 Å². The fourth-order valence-electron chi connectivity index (χ4n) is 0.868. The van der Waals surface area contributed by atoms with Gasteiger partial charge in [-0.25, -0.2) is 4.98 Å². The largest absolute Gasteiger partial charge is 0.404 e. The second kappa shape index (κ2) is 5.39. The van der Waals surface area contributed by atoms with Crippen LogP contribution in [0.25, 0.3) is 0 Å². The highest BCUT2D eigenvalue weighted by atomic mass is 79.9. The third-order valence-electron chi connectivity index (χ3n) is 1.47. The molecular formula is C9H11BrN4. The second-order valence-corrected chi connectivity index (χ2v) is 3.37. The van der Waals surface area contributed by atoms with E-state index in [2.05, 4.69) is 31.2 Å². The maximum absolute atomic E-state index is 5.26. The van der Waals surface area contributed by atoms with Crippen LogP contribution in [0, 0.1) is 0 Å². The van der Waals surface area contributed by atoms with Crippen LogP contribution in [0.1, 0.15) is 0 Å². The predicted molar refractivity (Wildman–Crippen MR) is 62.2 cm³/mol. The minimum Gasteiger partial charge on any atom is -0.404 e. The highest BCUT2D eigenvalue weighted by molar-refractivity contribution is 9.10. The highest BCUT2D eigenvalue weighted by Crippen LogP contribution is 2.12. The van der Waals surface area contributed by atoms with Gasteiger partial charge in [0.15, 0.2) is 0 Å². The van der Waals surface area contributed by atoms with E-state index in [4.69, 9.17) is 5.73 Å². The first-order valence-electron chi connectivity index (χ1n) is 4.00. The summed E-state index contributed by atoms with van der Waals surface area (Å²) in [7, 11) is 1.68. The molecule has 0 aliphatic carbocycles. The Morgan fingerprint density at radius 2 is 2.50 bits per heavy atom. The lowest BCUT2D eigenvalue weighted by Crippen LogP contribution is -2.10. The van der Waals surface area contributed by atoms with E-state index in [1.807, 2.05) is 12.1 Å². The van der Waals surface area contributed by atoms with Crippen LogP contribution < -0.4 is 11.1 Å². The van der Waals surface area contributed by atoms with Gasteiger partial charge in [0.2, 0.25) is 0 Å². The molecule has 0 bridgehead atoms. The molecule has 1 aromatic rings. The third-order valence-corrected chi connectivity index (χ3v) is 1.97. The van der Waals surface area contributed by atoms with Crippen LogP contribution in [-0.4, -0.2) is 17.9 Å². The third kappa shape index (κ3) is 3.18. The number of halogens is 1. The van der Waals surface area contributed by atoms with E-state index < -0.39 is 0 Å². The van der Waals surface area contributed by atoms with Gasteiger partial charge in [0.25, 0.3) is 0 Å². The molecule has 0 saturated heterocycles. The monoisotopic (exact) mass is 254 g/mol. The molecule has 0 amide bonds. The van der Waals surface area contributed by atoms with Gasteiger partial charge in [0.05, 0.1) is 0 Å². The lowest BCUT2D eigenvalue weighted by molar-refractivity contribution is 1.30. The quantitative estimate of drug-likeness (QED) is 0.625. The molecule has 14 heavy (non-hydrogen) atoms. The molecule has 0 saturated carbocycles. The molecule has 0 atom stereocenters. The number of nitrogens with zero attached hydrogens (tertiary/aromatic N) is 2. The molecule has 0 aromatic carbocycles. The lowest BCUT2D eigenvalue weighted by Gasteiger charge is -2.04. The van der Waals surface area contributed by atoms with E-state index in [9.17, 15) is 0 Å². The Balaban J connectivity index is 2.77. The zero-order chi connectivity index (χ0) is 10.4. The summed E-state index contributed by atoms with van der Waals surface area (Å²) in [4.78, 5) is 8.10. The first-order valence-corrected chi connectivity index (χ1v) is 4.79. The molecule has 4 nitrogen and oxygen atoms in total. The summed E-state index contributed by atoms with van der Waals surface area (Å²) < 4.78 is 0.960. The van der Waals surface area contributed by atoms with Crippen molar-refractivity contribution < 1.29 is 0 Å². The first kappa shape index (κ1) is 10.7. The number of pyridine rings is 1. The van der Waals surface area contributed by atoms with Crippen LogP contribution in [0.3, 0.4) is 0 Å². The molecular weight excluding hydrogens is 244 g/mol. The van der Waals surface area contributed by atoms with Gasteiger partial charge in [-0.3, -0.25) is 4.99 Å².